The number of fused-ring (bicyclic) bond motifs is 17. The summed E-state index contributed by atoms with van der Waals surface area (Å²) in [5, 5.41) is 18.2. The number of hydrogen-bond donors (Lipinski definition) is 0. The molecule has 0 saturated carbocycles. The summed E-state index contributed by atoms with van der Waals surface area (Å²) in [6.07, 6.45) is 0. The van der Waals surface area contributed by atoms with Gasteiger partial charge in [-0.1, -0.05) is 170 Å². The second kappa shape index (κ2) is 14.4. The molecule has 4 aromatic heterocycles. The van der Waals surface area contributed by atoms with Gasteiger partial charge in [-0.15, -0.1) is 0 Å². The summed E-state index contributed by atoms with van der Waals surface area (Å²) in [6, 6.07) is 80.4. The van der Waals surface area contributed by atoms with Crippen molar-refractivity contribution in [3.63, 3.8) is 0 Å². The van der Waals surface area contributed by atoms with E-state index >= 15 is 0 Å². The number of benzene rings is 12. The fourth-order valence-corrected chi connectivity index (χ4v) is 11.7. The molecule has 0 unspecified atom stereocenters. The largest absolute Gasteiger partial charge is 0.455 e. The Morgan fingerprint density at radius 2 is 0.887 bits per heavy atom. The number of para-hydroxylation sites is 3. The second-order valence-corrected chi connectivity index (χ2v) is 18.7. The highest BCUT2D eigenvalue weighted by Gasteiger charge is 2.24. The maximum Gasteiger partial charge on any atom is 0.238 e. The summed E-state index contributed by atoms with van der Waals surface area (Å²) in [5.41, 5.74) is 8.69. The van der Waals surface area contributed by atoms with E-state index in [2.05, 4.69) is 228 Å². The van der Waals surface area contributed by atoms with Crippen LogP contribution in [0.4, 0.5) is 0 Å². The minimum atomic E-state index is 0.523. The average molecular weight is 904 g/mol. The molecule has 0 aliphatic heterocycles. The van der Waals surface area contributed by atoms with Crippen molar-refractivity contribution < 1.29 is 4.42 Å². The molecule has 328 valence electrons. The minimum Gasteiger partial charge on any atom is -0.455 e. The first-order valence-corrected chi connectivity index (χ1v) is 24.1. The fraction of sp³-hybridized carbons (Fsp3) is 0. The van der Waals surface area contributed by atoms with Crippen LogP contribution in [-0.4, -0.2) is 24.1 Å². The van der Waals surface area contributed by atoms with Crippen LogP contribution in [0, 0.1) is 0 Å². The molecule has 16 rings (SSSR count). The number of furan rings is 1. The normalized spacial score (nSPS) is 12.2. The van der Waals surface area contributed by atoms with Crippen LogP contribution in [0.5, 0.6) is 0 Å². The maximum atomic E-state index is 6.99. The van der Waals surface area contributed by atoms with Gasteiger partial charge in [-0.3, -0.25) is 4.57 Å². The number of hydrogen-bond acceptors (Lipinski definition) is 4. The lowest BCUT2D eigenvalue weighted by Gasteiger charge is -2.15. The zero-order valence-corrected chi connectivity index (χ0v) is 38.0. The molecule has 16 aromatic rings. The van der Waals surface area contributed by atoms with Crippen LogP contribution in [0.25, 0.3) is 154 Å². The zero-order chi connectivity index (χ0) is 46.3. The molecule has 6 nitrogen and oxygen atoms in total. The van der Waals surface area contributed by atoms with Crippen LogP contribution in [0.2, 0.25) is 0 Å². The van der Waals surface area contributed by atoms with E-state index in [0.29, 0.717) is 17.6 Å². The molecule has 12 aromatic carbocycles. The molecule has 0 bridgehead atoms. The predicted molar refractivity (Wildman–Crippen MR) is 294 cm³/mol. The molecule has 0 saturated heterocycles. The van der Waals surface area contributed by atoms with Crippen molar-refractivity contribution >= 4 is 119 Å². The Bertz CT molecular complexity index is 4910. The molecule has 0 amide bonds. The lowest BCUT2D eigenvalue weighted by molar-refractivity contribution is 0.669. The van der Waals surface area contributed by atoms with Crippen molar-refractivity contribution in [2.24, 2.45) is 0 Å². The molecule has 0 aliphatic rings. The van der Waals surface area contributed by atoms with E-state index < -0.39 is 0 Å². The van der Waals surface area contributed by atoms with Gasteiger partial charge in [0.1, 0.15) is 11.2 Å². The van der Waals surface area contributed by atoms with Gasteiger partial charge in [0.15, 0.2) is 11.6 Å². The van der Waals surface area contributed by atoms with Gasteiger partial charge in [-0.25, -0.2) is 4.98 Å². The number of aromatic nitrogens is 5. The highest BCUT2D eigenvalue weighted by Crippen LogP contribution is 2.44. The van der Waals surface area contributed by atoms with Gasteiger partial charge in [0.25, 0.3) is 0 Å². The van der Waals surface area contributed by atoms with Crippen molar-refractivity contribution in [1.82, 2.24) is 24.1 Å². The SMILES string of the molecule is c1ccc2cc3c(cc2c1)c1ccc2ccccc2c1n3-c1ccc2c(c1)cc(-c1nc(-c3cc4ccccc4c4ccccc34)nc(-n3c4ccccc4c4ccccc43)n1)c1oc3ccccc3c12. The van der Waals surface area contributed by atoms with Gasteiger partial charge in [-0.05, 0) is 103 Å². The predicted octanol–water partition coefficient (Wildman–Crippen LogP) is 17.1. The highest BCUT2D eigenvalue weighted by atomic mass is 16.3. The second-order valence-electron chi connectivity index (χ2n) is 18.7. The van der Waals surface area contributed by atoms with Gasteiger partial charge >= 0.3 is 0 Å². The van der Waals surface area contributed by atoms with E-state index in [0.717, 1.165) is 93.0 Å². The van der Waals surface area contributed by atoms with Crippen LogP contribution in [-0.2, 0) is 0 Å². The first kappa shape index (κ1) is 38.3. The third kappa shape index (κ3) is 5.50. The van der Waals surface area contributed by atoms with Crippen LogP contribution >= 0.6 is 0 Å². The van der Waals surface area contributed by atoms with Crippen molar-refractivity contribution in [1.29, 1.82) is 0 Å². The topological polar surface area (TPSA) is 61.7 Å². The quantitative estimate of drug-likeness (QED) is 0.165. The Labute approximate surface area is 404 Å². The molecule has 71 heavy (non-hydrogen) atoms. The minimum absolute atomic E-state index is 0.523. The monoisotopic (exact) mass is 903 g/mol. The van der Waals surface area contributed by atoms with Crippen molar-refractivity contribution in [3.8, 4) is 34.4 Å². The Morgan fingerprint density at radius 3 is 1.66 bits per heavy atom. The zero-order valence-electron chi connectivity index (χ0n) is 38.0. The third-order valence-electron chi connectivity index (χ3n) is 14.9. The molecule has 4 heterocycles. The number of nitrogens with zero attached hydrogens (tertiary/aromatic N) is 5. The Kier molecular flexibility index (Phi) is 7.79. The van der Waals surface area contributed by atoms with Gasteiger partial charge in [0.05, 0.1) is 27.6 Å². The van der Waals surface area contributed by atoms with E-state index in [-0.39, 0.29) is 0 Å². The summed E-state index contributed by atoms with van der Waals surface area (Å²) in [4.78, 5) is 16.6. The number of rotatable bonds is 4. The van der Waals surface area contributed by atoms with Gasteiger partial charge in [0.2, 0.25) is 5.95 Å². The van der Waals surface area contributed by atoms with Crippen molar-refractivity contribution in [3.05, 3.63) is 224 Å². The van der Waals surface area contributed by atoms with Crippen LogP contribution in [0.1, 0.15) is 0 Å². The van der Waals surface area contributed by atoms with E-state index in [9.17, 15) is 0 Å². The molecule has 0 aliphatic carbocycles. The van der Waals surface area contributed by atoms with Gasteiger partial charge < -0.3 is 8.98 Å². The van der Waals surface area contributed by atoms with Crippen LogP contribution < -0.4 is 0 Å². The summed E-state index contributed by atoms with van der Waals surface area (Å²) in [5.74, 6) is 1.63. The first-order chi connectivity index (χ1) is 35.2. The molecule has 0 N–H and O–H groups in total. The van der Waals surface area contributed by atoms with Gasteiger partial charge in [-0.2, -0.15) is 9.97 Å². The average Bonchev–Trinajstić information content (AvgIpc) is 4.10. The molecular weight excluding hydrogens is 867 g/mol. The first-order valence-electron chi connectivity index (χ1n) is 24.1. The maximum absolute atomic E-state index is 6.99. The Balaban J connectivity index is 1.03. The molecule has 6 heteroatoms. The van der Waals surface area contributed by atoms with E-state index in [1.165, 1.54) is 43.2 Å². The van der Waals surface area contributed by atoms with E-state index in [1.807, 2.05) is 6.07 Å². The summed E-state index contributed by atoms with van der Waals surface area (Å²) in [6.45, 7) is 0. The molecular formula is C65H37N5O. The Hall–Kier alpha value is -9.65. The standard InChI is InChI=1S/C65H37N5O/c1-2-17-40-37-58-53(34-39(40)16-1)51-31-29-38-15-3-6-20-46(38)61(51)69(58)43-30-32-45-42(33-43)36-55(62-60(45)52-25-11-14-28-59(52)71-62)64-66-63(54-35-41-18-4-5-19-44(41)47-21-7-8-22-48(47)54)67-65(68-64)70-56-26-12-9-23-49(56)50-24-10-13-27-57(50)70/h1-37H. The third-order valence-corrected chi connectivity index (χ3v) is 14.9. The van der Waals surface area contributed by atoms with E-state index in [1.54, 1.807) is 0 Å². The molecule has 0 spiro atoms. The molecule has 0 atom stereocenters. The fourth-order valence-electron chi connectivity index (χ4n) is 11.7. The summed E-state index contributed by atoms with van der Waals surface area (Å²) >= 11 is 0. The summed E-state index contributed by atoms with van der Waals surface area (Å²) in [7, 11) is 0. The van der Waals surface area contributed by atoms with Gasteiger partial charge in [0, 0.05) is 49.0 Å². The van der Waals surface area contributed by atoms with E-state index in [4.69, 9.17) is 19.4 Å². The Morgan fingerprint density at radius 1 is 0.310 bits per heavy atom. The lowest BCUT2D eigenvalue weighted by Crippen LogP contribution is -2.07. The smallest absolute Gasteiger partial charge is 0.238 e. The van der Waals surface area contributed by atoms with Crippen LogP contribution in [0.15, 0.2) is 229 Å². The molecule has 0 fully saturated rings. The van der Waals surface area contributed by atoms with Crippen molar-refractivity contribution in [2.75, 3.05) is 0 Å². The van der Waals surface area contributed by atoms with Crippen LogP contribution in [0.3, 0.4) is 0 Å². The highest BCUT2D eigenvalue weighted by molar-refractivity contribution is 6.24. The lowest BCUT2D eigenvalue weighted by atomic mass is 9.96. The molecule has 0 radical (unpaired) electrons. The summed E-state index contributed by atoms with van der Waals surface area (Å²) < 4.78 is 11.6. The van der Waals surface area contributed by atoms with Crippen molar-refractivity contribution in [2.45, 2.75) is 0 Å².